The number of hydrogen-bond acceptors (Lipinski definition) is 1. The molecule has 2 rings (SSSR count). The third-order valence-corrected chi connectivity index (χ3v) is 3.01. The first-order chi connectivity index (χ1) is 6.41. The second-order valence-corrected chi connectivity index (χ2v) is 5.18. The standard InChI is InChI=1S/C12H16FN/c1-11(2)7-12(14,8-11)9-3-5-10(13)6-4-9/h3-6H,7-8,14H2,1-2H3. The van der Waals surface area contributed by atoms with Crippen LogP contribution in [-0.4, -0.2) is 0 Å². The Balaban J connectivity index is 2.21. The largest absolute Gasteiger partial charge is 0.321 e. The SMILES string of the molecule is CC1(C)CC(N)(c2ccc(F)cc2)C1. The first-order valence-corrected chi connectivity index (χ1v) is 4.96. The van der Waals surface area contributed by atoms with Gasteiger partial charge in [-0.3, -0.25) is 0 Å². The molecule has 1 aromatic carbocycles. The van der Waals surface area contributed by atoms with E-state index in [0.29, 0.717) is 5.41 Å². The molecule has 0 aromatic heterocycles. The first kappa shape index (κ1) is 9.66. The van der Waals surface area contributed by atoms with Gasteiger partial charge in [0, 0.05) is 5.54 Å². The lowest BCUT2D eigenvalue weighted by molar-refractivity contribution is 0.0618. The van der Waals surface area contributed by atoms with Gasteiger partial charge in [-0.05, 0) is 36.0 Å². The minimum absolute atomic E-state index is 0.198. The Morgan fingerprint density at radius 1 is 1.14 bits per heavy atom. The van der Waals surface area contributed by atoms with Crippen molar-refractivity contribution in [2.45, 2.75) is 32.2 Å². The number of hydrogen-bond donors (Lipinski definition) is 1. The van der Waals surface area contributed by atoms with E-state index >= 15 is 0 Å². The van der Waals surface area contributed by atoms with Gasteiger partial charge in [0.05, 0.1) is 0 Å². The molecule has 2 N–H and O–H groups in total. The lowest BCUT2D eigenvalue weighted by Gasteiger charge is -2.51. The molecule has 0 atom stereocenters. The van der Waals surface area contributed by atoms with E-state index in [4.69, 9.17) is 5.73 Å². The summed E-state index contributed by atoms with van der Waals surface area (Å²) in [6.07, 6.45) is 1.96. The fourth-order valence-corrected chi connectivity index (χ4v) is 2.64. The highest BCUT2D eigenvalue weighted by Gasteiger charge is 2.47. The van der Waals surface area contributed by atoms with E-state index in [1.165, 1.54) is 12.1 Å². The zero-order valence-electron chi connectivity index (χ0n) is 8.68. The third-order valence-electron chi connectivity index (χ3n) is 3.01. The van der Waals surface area contributed by atoms with E-state index < -0.39 is 0 Å². The highest BCUT2D eigenvalue weighted by atomic mass is 19.1. The Kier molecular flexibility index (Phi) is 1.93. The predicted molar refractivity (Wildman–Crippen MR) is 55.3 cm³/mol. The molecular formula is C12H16FN. The second kappa shape index (κ2) is 2.80. The van der Waals surface area contributed by atoms with Crippen LogP contribution in [-0.2, 0) is 5.54 Å². The molecule has 0 amide bonds. The van der Waals surface area contributed by atoms with Crippen molar-refractivity contribution in [3.8, 4) is 0 Å². The van der Waals surface area contributed by atoms with Crippen molar-refractivity contribution in [2.24, 2.45) is 11.1 Å². The molecule has 0 aliphatic heterocycles. The molecule has 1 fully saturated rings. The predicted octanol–water partition coefficient (Wildman–Crippen LogP) is 2.80. The highest BCUT2D eigenvalue weighted by Crippen LogP contribution is 2.51. The molecule has 1 aliphatic carbocycles. The summed E-state index contributed by atoms with van der Waals surface area (Å²) in [7, 11) is 0. The van der Waals surface area contributed by atoms with Crippen LogP contribution < -0.4 is 5.73 Å². The maximum atomic E-state index is 12.7. The molecule has 2 heteroatoms. The topological polar surface area (TPSA) is 26.0 Å². The molecule has 1 saturated carbocycles. The first-order valence-electron chi connectivity index (χ1n) is 4.96. The molecule has 1 aliphatic rings. The average Bonchev–Trinajstić information content (AvgIpc) is 2.01. The summed E-state index contributed by atoms with van der Waals surface area (Å²) in [4.78, 5) is 0. The summed E-state index contributed by atoms with van der Waals surface area (Å²) in [5.74, 6) is -0.198. The number of benzene rings is 1. The van der Waals surface area contributed by atoms with Crippen LogP contribution in [0.1, 0.15) is 32.3 Å². The summed E-state index contributed by atoms with van der Waals surface area (Å²) < 4.78 is 12.7. The van der Waals surface area contributed by atoms with Crippen LogP contribution in [0, 0.1) is 11.2 Å². The summed E-state index contributed by atoms with van der Waals surface area (Å²) in [5.41, 5.74) is 7.39. The maximum absolute atomic E-state index is 12.7. The third kappa shape index (κ3) is 1.55. The smallest absolute Gasteiger partial charge is 0.123 e. The van der Waals surface area contributed by atoms with E-state index in [9.17, 15) is 4.39 Å². The van der Waals surface area contributed by atoms with E-state index in [0.717, 1.165) is 18.4 Å². The molecular weight excluding hydrogens is 177 g/mol. The van der Waals surface area contributed by atoms with Crippen molar-refractivity contribution in [3.63, 3.8) is 0 Å². The number of halogens is 1. The molecule has 1 aromatic rings. The van der Waals surface area contributed by atoms with Gasteiger partial charge in [-0.15, -0.1) is 0 Å². The number of rotatable bonds is 1. The van der Waals surface area contributed by atoms with Crippen molar-refractivity contribution >= 4 is 0 Å². The highest BCUT2D eigenvalue weighted by molar-refractivity contribution is 5.28. The van der Waals surface area contributed by atoms with Crippen molar-refractivity contribution < 1.29 is 4.39 Å². The van der Waals surface area contributed by atoms with Gasteiger partial charge in [0.2, 0.25) is 0 Å². The quantitative estimate of drug-likeness (QED) is 0.729. The number of nitrogens with two attached hydrogens (primary N) is 1. The van der Waals surface area contributed by atoms with Crippen LogP contribution >= 0.6 is 0 Å². The molecule has 0 spiro atoms. The molecule has 0 radical (unpaired) electrons. The van der Waals surface area contributed by atoms with Gasteiger partial charge >= 0.3 is 0 Å². The van der Waals surface area contributed by atoms with Crippen LogP contribution in [0.15, 0.2) is 24.3 Å². The molecule has 0 unspecified atom stereocenters. The van der Waals surface area contributed by atoms with E-state index in [2.05, 4.69) is 13.8 Å². The van der Waals surface area contributed by atoms with Gasteiger partial charge in [0.25, 0.3) is 0 Å². The van der Waals surface area contributed by atoms with Gasteiger partial charge in [-0.25, -0.2) is 4.39 Å². The minimum Gasteiger partial charge on any atom is -0.321 e. The minimum atomic E-state index is -0.225. The monoisotopic (exact) mass is 193 g/mol. The Bertz CT molecular complexity index is 332. The van der Waals surface area contributed by atoms with E-state index in [1.54, 1.807) is 12.1 Å². The Hall–Kier alpha value is -0.890. The zero-order chi connectivity index (χ0) is 10.4. The summed E-state index contributed by atoms with van der Waals surface area (Å²) >= 11 is 0. The van der Waals surface area contributed by atoms with Crippen LogP contribution in [0.5, 0.6) is 0 Å². The van der Waals surface area contributed by atoms with Gasteiger partial charge in [-0.1, -0.05) is 26.0 Å². The molecule has 14 heavy (non-hydrogen) atoms. The summed E-state index contributed by atoms with van der Waals surface area (Å²) in [6.45, 7) is 4.42. The van der Waals surface area contributed by atoms with E-state index in [1.807, 2.05) is 0 Å². The lowest BCUT2D eigenvalue weighted by atomic mass is 9.57. The zero-order valence-corrected chi connectivity index (χ0v) is 8.68. The maximum Gasteiger partial charge on any atom is 0.123 e. The van der Waals surface area contributed by atoms with Crippen molar-refractivity contribution in [1.82, 2.24) is 0 Å². The summed E-state index contributed by atoms with van der Waals surface area (Å²) in [6, 6.07) is 6.56. The van der Waals surface area contributed by atoms with Crippen molar-refractivity contribution in [2.75, 3.05) is 0 Å². The van der Waals surface area contributed by atoms with Crippen molar-refractivity contribution in [1.29, 1.82) is 0 Å². The lowest BCUT2D eigenvalue weighted by Crippen LogP contribution is -2.53. The summed E-state index contributed by atoms with van der Waals surface area (Å²) in [5, 5.41) is 0. The van der Waals surface area contributed by atoms with Gasteiger partial charge in [-0.2, -0.15) is 0 Å². The fourth-order valence-electron chi connectivity index (χ4n) is 2.64. The Morgan fingerprint density at radius 3 is 2.07 bits per heavy atom. The molecule has 0 bridgehead atoms. The van der Waals surface area contributed by atoms with E-state index in [-0.39, 0.29) is 11.4 Å². The van der Waals surface area contributed by atoms with Gasteiger partial charge < -0.3 is 5.73 Å². The van der Waals surface area contributed by atoms with Crippen LogP contribution in [0.2, 0.25) is 0 Å². The molecule has 0 heterocycles. The fraction of sp³-hybridized carbons (Fsp3) is 0.500. The molecule has 76 valence electrons. The Labute approximate surface area is 84.1 Å². The normalized spacial score (nSPS) is 22.9. The van der Waals surface area contributed by atoms with Gasteiger partial charge in [0.1, 0.15) is 5.82 Å². The average molecular weight is 193 g/mol. The van der Waals surface area contributed by atoms with Crippen LogP contribution in [0.25, 0.3) is 0 Å². The van der Waals surface area contributed by atoms with Gasteiger partial charge in [0.15, 0.2) is 0 Å². The van der Waals surface area contributed by atoms with Crippen LogP contribution in [0.4, 0.5) is 4.39 Å². The van der Waals surface area contributed by atoms with Crippen molar-refractivity contribution in [3.05, 3.63) is 35.6 Å². The Morgan fingerprint density at radius 2 is 1.64 bits per heavy atom. The second-order valence-electron chi connectivity index (χ2n) is 5.18. The molecule has 1 nitrogen and oxygen atoms in total. The molecule has 0 saturated heterocycles. The van der Waals surface area contributed by atoms with Crippen LogP contribution in [0.3, 0.4) is 0 Å².